The van der Waals surface area contributed by atoms with Crippen molar-refractivity contribution in [3.05, 3.63) is 45.1 Å². The summed E-state index contributed by atoms with van der Waals surface area (Å²) in [6.07, 6.45) is 0. The molecule has 11 heteroatoms. The second-order valence-electron chi connectivity index (χ2n) is 7.95. The van der Waals surface area contributed by atoms with Crippen LogP contribution in [0.1, 0.15) is 32.4 Å². The van der Waals surface area contributed by atoms with Crippen LogP contribution in [0.25, 0.3) is 0 Å². The number of hydrogen-bond donors (Lipinski definition) is 2. The van der Waals surface area contributed by atoms with Crippen molar-refractivity contribution in [2.45, 2.75) is 26.8 Å². The van der Waals surface area contributed by atoms with E-state index < -0.39 is 12.0 Å². The third-order valence-corrected chi connectivity index (χ3v) is 6.74. The predicted molar refractivity (Wildman–Crippen MR) is 131 cm³/mol. The van der Waals surface area contributed by atoms with Crippen molar-refractivity contribution in [1.82, 2.24) is 25.3 Å². The lowest BCUT2D eigenvalue weighted by molar-refractivity contribution is -0.139. The number of carbonyl (C=O) groups is 3. The number of halogens is 2. The number of nitrogens with one attached hydrogen (secondary N) is 2. The number of hydrogen-bond acceptors (Lipinski definition) is 5. The van der Waals surface area contributed by atoms with Gasteiger partial charge in [0.2, 0.25) is 0 Å². The molecule has 2 N–H and O–H groups in total. The number of urea groups is 2. The van der Waals surface area contributed by atoms with Gasteiger partial charge in [0.15, 0.2) is 0 Å². The van der Waals surface area contributed by atoms with Gasteiger partial charge in [0.25, 0.3) is 0 Å². The molecule has 1 saturated heterocycles. The van der Waals surface area contributed by atoms with Gasteiger partial charge in [0.1, 0.15) is 0 Å². The van der Waals surface area contributed by atoms with Gasteiger partial charge < -0.3 is 20.3 Å². The molecule has 34 heavy (non-hydrogen) atoms. The van der Waals surface area contributed by atoms with Crippen LogP contribution in [0, 0.1) is 0 Å². The van der Waals surface area contributed by atoms with Gasteiger partial charge in [-0.05, 0) is 32.4 Å². The molecule has 0 aromatic heterocycles. The van der Waals surface area contributed by atoms with E-state index in [0.717, 1.165) is 0 Å². The van der Waals surface area contributed by atoms with Gasteiger partial charge in [-0.2, -0.15) is 0 Å². The smallest absolute Gasteiger partial charge is 0.338 e. The molecule has 1 aromatic carbocycles. The maximum Gasteiger partial charge on any atom is 0.338 e. The third-order valence-electron chi connectivity index (χ3n) is 5.90. The minimum atomic E-state index is -0.799. The lowest BCUT2D eigenvalue weighted by Crippen LogP contribution is -2.55. The zero-order valence-electron chi connectivity index (χ0n) is 19.7. The number of carbonyl (C=O) groups excluding carboxylic acids is 3. The van der Waals surface area contributed by atoms with Gasteiger partial charge in [-0.1, -0.05) is 35.3 Å². The highest BCUT2D eigenvalue weighted by atomic mass is 35.5. The number of ether oxygens (including phenoxy) is 1. The molecular formula is C23H31Cl2N5O4. The van der Waals surface area contributed by atoms with E-state index in [1.807, 2.05) is 13.8 Å². The molecule has 0 radical (unpaired) electrons. The number of benzene rings is 1. The minimum absolute atomic E-state index is 0.0866. The number of likely N-dealkylation sites (N-methyl/N-ethyl adjacent to an activating group) is 1. The van der Waals surface area contributed by atoms with E-state index >= 15 is 0 Å². The van der Waals surface area contributed by atoms with Crippen LogP contribution < -0.4 is 10.6 Å². The van der Waals surface area contributed by atoms with Crippen molar-refractivity contribution >= 4 is 41.2 Å². The first kappa shape index (κ1) is 26.1. The van der Waals surface area contributed by atoms with Crippen LogP contribution in [0.2, 0.25) is 10.0 Å². The summed E-state index contributed by atoms with van der Waals surface area (Å²) in [7, 11) is 0. The number of esters is 1. The quantitative estimate of drug-likeness (QED) is 0.548. The van der Waals surface area contributed by atoms with E-state index in [4.69, 9.17) is 27.9 Å². The summed E-state index contributed by atoms with van der Waals surface area (Å²) in [6.45, 7) is 9.28. The summed E-state index contributed by atoms with van der Waals surface area (Å²) in [5.41, 5.74) is 1.43. The Bertz CT molecular complexity index is 963. The van der Waals surface area contributed by atoms with Crippen LogP contribution in [0.3, 0.4) is 0 Å². The lowest BCUT2D eigenvalue weighted by atomic mass is 9.94. The Morgan fingerprint density at radius 1 is 1.15 bits per heavy atom. The maximum atomic E-state index is 13.2. The summed E-state index contributed by atoms with van der Waals surface area (Å²) in [6, 6.07) is 3.91. The van der Waals surface area contributed by atoms with Crippen molar-refractivity contribution in [2.24, 2.45) is 0 Å². The average Bonchev–Trinajstić information content (AvgIpc) is 2.81. The molecule has 2 aliphatic rings. The van der Waals surface area contributed by atoms with Crippen LogP contribution in [0.4, 0.5) is 9.59 Å². The minimum Gasteiger partial charge on any atom is -0.463 e. The fraction of sp³-hybridized carbons (Fsp3) is 0.522. The molecule has 0 bridgehead atoms. The van der Waals surface area contributed by atoms with E-state index in [0.29, 0.717) is 67.7 Å². The van der Waals surface area contributed by atoms with E-state index in [1.165, 1.54) is 0 Å². The molecular weight excluding hydrogens is 481 g/mol. The SMILES string of the molecule is CCNC(=O)N1CCN(CC2=C(C(=O)OCC)[C@H](c3cccc(Cl)c3Cl)NC(=O)N2CC)CC1. The molecule has 0 unspecified atom stereocenters. The number of rotatable bonds is 7. The van der Waals surface area contributed by atoms with E-state index in [2.05, 4.69) is 15.5 Å². The molecule has 1 atom stereocenters. The molecule has 2 aliphatic heterocycles. The zero-order valence-corrected chi connectivity index (χ0v) is 21.2. The van der Waals surface area contributed by atoms with Gasteiger partial charge in [0.05, 0.1) is 28.3 Å². The number of amides is 4. The normalized spacial score (nSPS) is 19.2. The molecule has 0 spiro atoms. The molecule has 0 aliphatic carbocycles. The third kappa shape index (κ3) is 5.59. The van der Waals surface area contributed by atoms with E-state index in [9.17, 15) is 14.4 Å². The second-order valence-corrected chi connectivity index (χ2v) is 8.73. The molecule has 186 valence electrons. The summed E-state index contributed by atoms with van der Waals surface area (Å²) in [4.78, 5) is 43.9. The Hall–Kier alpha value is -2.49. The van der Waals surface area contributed by atoms with Gasteiger partial charge in [-0.25, -0.2) is 14.4 Å². The van der Waals surface area contributed by atoms with Crippen LogP contribution in [-0.2, 0) is 9.53 Å². The van der Waals surface area contributed by atoms with Crippen molar-refractivity contribution in [3.8, 4) is 0 Å². The summed E-state index contributed by atoms with van der Waals surface area (Å²) in [5.74, 6) is -0.516. The Morgan fingerprint density at radius 3 is 2.47 bits per heavy atom. The largest absolute Gasteiger partial charge is 0.463 e. The van der Waals surface area contributed by atoms with Crippen LogP contribution >= 0.6 is 23.2 Å². The monoisotopic (exact) mass is 511 g/mol. The first-order valence-corrected chi connectivity index (χ1v) is 12.2. The fourth-order valence-electron chi connectivity index (χ4n) is 4.22. The van der Waals surface area contributed by atoms with E-state index in [-0.39, 0.29) is 23.7 Å². The van der Waals surface area contributed by atoms with Gasteiger partial charge >= 0.3 is 18.0 Å². The summed E-state index contributed by atoms with van der Waals surface area (Å²) >= 11 is 12.7. The molecule has 2 heterocycles. The fourth-order valence-corrected chi connectivity index (χ4v) is 4.64. The number of nitrogens with zero attached hydrogens (tertiary/aromatic N) is 3. The Balaban J connectivity index is 1.97. The Morgan fingerprint density at radius 2 is 1.85 bits per heavy atom. The second kappa shape index (κ2) is 11.8. The predicted octanol–water partition coefficient (Wildman–Crippen LogP) is 3.24. The van der Waals surface area contributed by atoms with Crippen molar-refractivity contribution < 1.29 is 19.1 Å². The molecule has 0 saturated carbocycles. The zero-order chi connectivity index (χ0) is 24.8. The molecule has 1 aromatic rings. The summed E-state index contributed by atoms with van der Waals surface area (Å²) in [5, 5.41) is 6.32. The van der Waals surface area contributed by atoms with Crippen LogP contribution in [0.15, 0.2) is 29.5 Å². The first-order valence-electron chi connectivity index (χ1n) is 11.5. The van der Waals surface area contributed by atoms with Gasteiger partial charge in [-0.15, -0.1) is 0 Å². The first-order chi connectivity index (χ1) is 16.3. The molecule has 3 rings (SSSR count). The van der Waals surface area contributed by atoms with Crippen molar-refractivity contribution in [3.63, 3.8) is 0 Å². The highest BCUT2D eigenvalue weighted by molar-refractivity contribution is 6.42. The standard InChI is InChI=1S/C23H31Cl2N5O4/c1-4-26-22(32)29-12-10-28(11-13-29)14-17-18(21(31)34-6-3)20(27-23(33)30(17)5-2)15-8-7-9-16(24)19(15)25/h7-9,20H,4-6,10-14H2,1-3H3,(H,26,32)(H,27,33)/t20-/m0/s1. The highest BCUT2D eigenvalue weighted by Gasteiger charge is 2.39. The van der Waals surface area contributed by atoms with Crippen LogP contribution in [-0.4, -0.2) is 85.2 Å². The lowest BCUT2D eigenvalue weighted by Gasteiger charge is -2.40. The van der Waals surface area contributed by atoms with Crippen molar-refractivity contribution in [2.75, 3.05) is 52.4 Å². The number of piperazine rings is 1. The van der Waals surface area contributed by atoms with Crippen LogP contribution in [0.5, 0.6) is 0 Å². The van der Waals surface area contributed by atoms with E-state index in [1.54, 1.807) is 34.9 Å². The summed E-state index contributed by atoms with van der Waals surface area (Å²) < 4.78 is 5.40. The molecule has 4 amide bonds. The molecule has 1 fully saturated rings. The topological polar surface area (TPSA) is 94.2 Å². The average molecular weight is 512 g/mol. The highest BCUT2D eigenvalue weighted by Crippen LogP contribution is 2.37. The maximum absolute atomic E-state index is 13.2. The molecule has 9 nitrogen and oxygen atoms in total. The van der Waals surface area contributed by atoms with Gasteiger partial charge in [0, 0.05) is 51.5 Å². The Labute approximate surface area is 210 Å². The van der Waals surface area contributed by atoms with Gasteiger partial charge in [-0.3, -0.25) is 9.80 Å². The Kier molecular flexibility index (Phi) is 9.04. The van der Waals surface area contributed by atoms with Crippen molar-refractivity contribution in [1.29, 1.82) is 0 Å².